The fourth-order valence-corrected chi connectivity index (χ4v) is 3.16. The number of anilines is 1. The smallest absolute Gasteiger partial charge is 0.259 e. The van der Waals surface area contributed by atoms with Crippen molar-refractivity contribution in [2.45, 2.75) is 39.2 Å². The molecule has 4 rings (SSSR count). The summed E-state index contributed by atoms with van der Waals surface area (Å²) in [6, 6.07) is 3.98. The lowest BCUT2D eigenvalue weighted by Crippen LogP contribution is -2.60. The molecule has 0 atom stereocenters. The maximum Gasteiger partial charge on any atom is 0.259 e. The molecular formula is C18H23N7O2. The van der Waals surface area contributed by atoms with Crippen molar-refractivity contribution in [1.82, 2.24) is 29.9 Å². The van der Waals surface area contributed by atoms with Gasteiger partial charge in [0.25, 0.3) is 5.91 Å². The summed E-state index contributed by atoms with van der Waals surface area (Å²) in [5, 5.41) is 16.9. The number of hydrogen-bond donors (Lipinski definition) is 0. The fraction of sp³-hybridized carbons (Fsp3) is 0.500. The van der Waals surface area contributed by atoms with Crippen molar-refractivity contribution < 1.29 is 9.32 Å². The van der Waals surface area contributed by atoms with Gasteiger partial charge in [-0.15, -0.1) is 15.3 Å². The Morgan fingerprint density at radius 3 is 2.63 bits per heavy atom. The van der Waals surface area contributed by atoms with E-state index in [1.807, 2.05) is 19.2 Å². The van der Waals surface area contributed by atoms with Crippen molar-refractivity contribution >= 4 is 17.4 Å². The number of hydrogen-bond acceptors (Lipinski definition) is 7. The zero-order valence-corrected chi connectivity index (χ0v) is 16.2. The number of fused-ring (bicyclic) bond motifs is 1. The van der Waals surface area contributed by atoms with Crippen LogP contribution in [0.2, 0.25) is 0 Å². The lowest BCUT2D eigenvalue weighted by Gasteiger charge is -2.44. The summed E-state index contributed by atoms with van der Waals surface area (Å²) < 4.78 is 6.80. The molecule has 0 aliphatic carbocycles. The van der Waals surface area contributed by atoms with Gasteiger partial charge in [-0.25, -0.2) is 0 Å². The van der Waals surface area contributed by atoms with E-state index in [4.69, 9.17) is 9.62 Å². The fourth-order valence-electron chi connectivity index (χ4n) is 3.16. The molecule has 3 aromatic rings. The second-order valence-electron chi connectivity index (χ2n) is 8.01. The summed E-state index contributed by atoms with van der Waals surface area (Å²) in [6.07, 6.45) is 1.47. The zero-order chi connectivity index (χ0) is 19.3. The van der Waals surface area contributed by atoms with E-state index in [9.17, 15) is 4.79 Å². The quantitative estimate of drug-likeness (QED) is 0.693. The van der Waals surface area contributed by atoms with Crippen LogP contribution in [0.4, 0.5) is 5.82 Å². The van der Waals surface area contributed by atoms with Gasteiger partial charge in [0.05, 0.1) is 12.2 Å². The van der Waals surface area contributed by atoms with Gasteiger partial charge in [0.1, 0.15) is 17.1 Å². The molecule has 0 N–H and O–H groups in total. The minimum atomic E-state index is -0.147. The summed E-state index contributed by atoms with van der Waals surface area (Å²) in [7, 11) is 1.81. The van der Waals surface area contributed by atoms with Crippen molar-refractivity contribution in [2.75, 3.05) is 25.0 Å². The average Bonchev–Trinajstić information content (AvgIpc) is 3.17. The van der Waals surface area contributed by atoms with Gasteiger partial charge in [0.15, 0.2) is 11.5 Å². The van der Waals surface area contributed by atoms with E-state index in [0.717, 1.165) is 30.4 Å². The first-order chi connectivity index (χ1) is 12.8. The minimum absolute atomic E-state index is 0.0735. The van der Waals surface area contributed by atoms with E-state index >= 15 is 0 Å². The van der Waals surface area contributed by atoms with Gasteiger partial charge in [0.2, 0.25) is 0 Å². The predicted octanol–water partition coefficient (Wildman–Crippen LogP) is 1.68. The molecule has 0 bridgehead atoms. The van der Waals surface area contributed by atoms with Crippen LogP contribution in [0, 0.1) is 6.92 Å². The minimum Gasteiger partial charge on any atom is -0.361 e. The molecule has 1 amide bonds. The highest BCUT2D eigenvalue weighted by Crippen LogP contribution is 2.25. The van der Waals surface area contributed by atoms with Crippen LogP contribution in [0.3, 0.4) is 0 Å². The molecule has 4 heterocycles. The molecule has 0 radical (unpaired) electrons. The van der Waals surface area contributed by atoms with E-state index in [0.29, 0.717) is 11.3 Å². The lowest BCUT2D eigenvalue weighted by atomic mass is 9.96. The van der Waals surface area contributed by atoms with Crippen molar-refractivity contribution in [1.29, 1.82) is 0 Å². The average molecular weight is 369 g/mol. The number of likely N-dealkylation sites (N-methyl/N-ethyl adjacent to an activating group) is 1. The highest BCUT2D eigenvalue weighted by atomic mass is 16.5. The summed E-state index contributed by atoms with van der Waals surface area (Å²) >= 11 is 0. The first-order valence-electron chi connectivity index (χ1n) is 8.92. The van der Waals surface area contributed by atoms with Gasteiger partial charge in [-0.2, -0.15) is 4.52 Å². The molecule has 9 nitrogen and oxygen atoms in total. The third-order valence-corrected chi connectivity index (χ3v) is 4.96. The summed E-state index contributed by atoms with van der Waals surface area (Å²) in [5.74, 6) is 2.14. The third-order valence-electron chi connectivity index (χ3n) is 4.96. The van der Waals surface area contributed by atoms with Gasteiger partial charge in [-0.3, -0.25) is 4.79 Å². The highest BCUT2D eigenvalue weighted by molar-refractivity contribution is 5.95. The number of aryl methyl sites for hydroxylation is 1. The molecular weight excluding hydrogens is 346 g/mol. The number of carbonyl (C=O) groups is 1. The molecule has 142 valence electrons. The molecule has 0 aromatic carbocycles. The lowest BCUT2D eigenvalue weighted by molar-refractivity contribution is 0.0703. The molecule has 0 saturated carbocycles. The molecule has 1 fully saturated rings. The van der Waals surface area contributed by atoms with Gasteiger partial charge >= 0.3 is 0 Å². The second-order valence-corrected chi connectivity index (χ2v) is 8.01. The van der Waals surface area contributed by atoms with Crippen molar-refractivity contribution in [3.63, 3.8) is 0 Å². The van der Waals surface area contributed by atoms with Gasteiger partial charge < -0.3 is 14.3 Å². The number of nitrogens with zero attached hydrogens (tertiary/aromatic N) is 7. The first-order valence-corrected chi connectivity index (χ1v) is 8.92. The maximum absolute atomic E-state index is 12.6. The van der Waals surface area contributed by atoms with Crippen molar-refractivity contribution in [2.24, 2.45) is 0 Å². The number of amides is 1. The molecule has 3 aromatic heterocycles. The molecule has 1 aliphatic rings. The first kappa shape index (κ1) is 17.4. The van der Waals surface area contributed by atoms with E-state index in [1.165, 1.54) is 6.20 Å². The summed E-state index contributed by atoms with van der Waals surface area (Å²) in [5.41, 5.74) is 1.09. The van der Waals surface area contributed by atoms with Crippen LogP contribution in [0.15, 0.2) is 22.9 Å². The van der Waals surface area contributed by atoms with Gasteiger partial charge in [0, 0.05) is 25.6 Å². The molecule has 0 spiro atoms. The van der Waals surface area contributed by atoms with E-state index in [-0.39, 0.29) is 17.4 Å². The molecule has 1 saturated heterocycles. The maximum atomic E-state index is 12.6. The number of rotatable bonds is 3. The van der Waals surface area contributed by atoms with Crippen LogP contribution >= 0.6 is 0 Å². The van der Waals surface area contributed by atoms with E-state index in [1.54, 1.807) is 16.3 Å². The highest BCUT2D eigenvalue weighted by Gasteiger charge is 2.35. The standard InChI is InChI=1S/C18H23N7O2/c1-11-13(8-19-27-11)16(26)23(5)12-9-24(10-12)15-7-6-14-20-21-17(18(2,3)4)25(14)22-15/h6-8,12H,9-10H2,1-5H3. The Morgan fingerprint density at radius 1 is 1.26 bits per heavy atom. The normalized spacial score (nSPS) is 15.2. The molecule has 9 heteroatoms. The Balaban J connectivity index is 1.49. The summed E-state index contributed by atoms with van der Waals surface area (Å²) in [4.78, 5) is 16.5. The zero-order valence-electron chi connectivity index (χ0n) is 16.2. The van der Waals surface area contributed by atoms with Crippen LogP contribution < -0.4 is 4.90 Å². The monoisotopic (exact) mass is 369 g/mol. The Hall–Kier alpha value is -2.97. The van der Waals surface area contributed by atoms with Crippen molar-refractivity contribution in [3.05, 3.63) is 35.5 Å². The predicted molar refractivity (Wildman–Crippen MR) is 98.8 cm³/mol. The molecule has 0 unspecified atom stereocenters. The van der Waals surface area contributed by atoms with Crippen LogP contribution in [-0.4, -0.2) is 62.0 Å². The molecule has 27 heavy (non-hydrogen) atoms. The van der Waals surface area contributed by atoms with E-state index < -0.39 is 0 Å². The van der Waals surface area contributed by atoms with Crippen LogP contribution in [0.5, 0.6) is 0 Å². The van der Waals surface area contributed by atoms with E-state index in [2.05, 4.69) is 41.0 Å². The Kier molecular flexibility index (Phi) is 3.90. The second kappa shape index (κ2) is 6.04. The third kappa shape index (κ3) is 2.92. The Morgan fingerprint density at radius 2 is 2.00 bits per heavy atom. The Bertz CT molecular complexity index is 995. The van der Waals surface area contributed by atoms with Crippen LogP contribution in [0.25, 0.3) is 5.65 Å². The number of aromatic nitrogens is 5. The molecule has 1 aliphatic heterocycles. The van der Waals surface area contributed by atoms with Gasteiger partial charge in [-0.1, -0.05) is 25.9 Å². The van der Waals surface area contributed by atoms with Gasteiger partial charge in [-0.05, 0) is 19.1 Å². The SMILES string of the molecule is Cc1oncc1C(=O)N(C)C1CN(c2ccc3nnc(C(C)(C)C)n3n2)C1. The topological polar surface area (TPSA) is 92.7 Å². The largest absolute Gasteiger partial charge is 0.361 e. The van der Waals surface area contributed by atoms with Crippen LogP contribution in [0.1, 0.15) is 42.7 Å². The summed E-state index contributed by atoms with van der Waals surface area (Å²) in [6.45, 7) is 9.45. The number of carbonyl (C=O) groups excluding carboxylic acids is 1. The van der Waals surface area contributed by atoms with Crippen molar-refractivity contribution in [3.8, 4) is 0 Å². The Labute approximate surface area is 156 Å². The van der Waals surface area contributed by atoms with Crippen LogP contribution in [-0.2, 0) is 5.41 Å².